The van der Waals surface area contributed by atoms with Gasteiger partial charge in [0.2, 0.25) is 0 Å². The van der Waals surface area contributed by atoms with Crippen LogP contribution in [0.2, 0.25) is 0 Å². The van der Waals surface area contributed by atoms with Crippen molar-refractivity contribution in [3.05, 3.63) is 70.3 Å². The van der Waals surface area contributed by atoms with E-state index in [-0.39, 0.29) is 11.9 Å². The predicted molar refractivity (Wildman–Crippen MR) is 82.4 cm³/mol. The molecule has 0 aliphatic carbocycles. The lowest BCUT2D eigenvalue weighted by atomic mass is 9.91. The summed E-state index contributed by atoms with van der Waals surface area (Å²) >= 11 is 0. The van der Waals surface area contributed by atoms with Gasteiger partial charge in [-0.05, 0) is 67.3 Å². The highest BCUT2D eigenvalue weighted by Gasteiger charge is 2.17. The van der Waals surface area contributed by atoms with E-state index in [4.69, 9.17) is 0 Å². The zero-order valence-electron chi connectivity index (χ0n) is 12.7. The Labute approximate surface area is 125 Å². The first-order valence-electron chi connectivity index (χ1n) is 7.26. The van der Waals surface area contributed by atoms with Crippen molar-refractivity contribution in [2.75, 3.05) is 6.54 Å². The summed E-state index contributed by atoms with van der Waals surface area (Å²) in [6, 6.07) is 9.72. The Kier molecular flexibility index (Phi) is 5.07. The van der Waals surface area contributed by atoms with Crippen molar-refractivity contribution in [1.82, 2.24) is 5.32 Å². The van der Waals surface area contributed by atoms with E-state index < -0.39 is 5.82 Å². The molecule has 2 rings (SSSR count). The lowest BCUT2D eigenvalue weighted by Gasteiger charge is -2.23. The van der Waals surface area contributed by atoms with Crippen molar-refractivity contribution < 1.29 is 8.78 Å². The summed E-state index contributed by atoms with van der Waals surface area (Å²) in [5.74, 6) is -0.756. The van der Waals surface area contributed by atoms with Gasteiger partial charge in [-0.1, -0.05) is 25.1 Å². The quantitative estimate of drug-likeness (QED) is 0.856. The average molecular weight is 289 g/mol. The molecule has 0 aliphatic rings. The van der Waals surface area contributed by atoms with Crippen LogP contribution in [-0.2, 0) is 6.42 Å². The Morgan fingerprint density at radius 1 is 1.05 bits per heavy atom. The number of hydrogen-bond acceptors (Lipinski definition) is 1. The van der Waals surface area contributed by atoms with Gasteiger partial charge in [-0.25, -0.2) is 8.78 Å². The van der Waals surface area contributed by atoms with E-state index in [9.17, 15) is 8.78 Å². The van der Waals surface area contributed by atoms with Crippen LogP contribution in [0, 0.1) is 25.5 Å². The van der Waals surface area contributed by atoms with Crippen molar-refractivity contribution in [2.45, 2.75) is 33.2 Å². The smallest absolute Gasteiger partial charge is 0.126 e. The molecule has 0 amide bonds. The second-order valence-electron chi connectivity index (χ2n) is 5.36. The molecule has 0 aromatic heterocycles. The molecule has 0 radical (unpaired) electrons. The van der Waals surface area contributed by atoms with Crippen LogP contribution in [0.1, 0.15) is 35.2 Å². The van der Waals surface area contributed by atoms with Gasteiger partial charge in [-0.15, -0.1) is 0 Å². The molecule has 0 spiro atoms. The van der Waals surface area contributed by atoms with Gasteiger partial charge in [0.05, 0.1) is 0 Å². The maximum absolute atomic E-state index is 13.9. The lowest BCUT2D eigenvalue weighted by Crippen LogP contribution is -2.25. The van der Waals surface area contributed by atoms with Crippen molar-refractivity contribution in [1.29, 1.82) is 0 Å². The fraction of sp³-hybridized carbons (Fsp3) is 0.333. The molecule has 0 saturated carbocycles. The van der Waals surface area contributed by atoms with Gasteiger partial charge in [0.25, 0.3) is 0 Å². The Bertz CT molecular complexity index is 602. The summed E-state index contributed by atoms with van der Waals surface area (Å²) in [6.07, 6.45) is 0.434. The van der Waals surface area contributed by atoms with Gasteiger partial charge in [-0.2, -0.15) is 0 Å². The number of hydrogen-bond donors (Lipinski definition) is 1. The fourth-order valence-electron chi connectivity index (χ4n) is 2.82. The third-order valence-corrected chi connectivity index (χ3v) is 3.77. The molecular weight excluding hydrogens is 268 g/mol. The Morgan fingerprint density at radius 2 is 1.71 bits per heavy atom. The van der Waals surface area contributed by atoms with Crippen LogP contribution in [0.3, 0.4) is 0 Å². The van der Waals surface area contributed by atoms with E-state index in [1.54, 1.807) is 0 Å². The van der Waals surface area contributed by atoms with Crippen LogP contribution in [0.25, 0.3) is 0 Å². The molecule has 0 fully saturated rings. The summed E-state index contributed by atoms with van der Waals surface area (Å²) in [5, 5.41) is 3.39. The highest BCUT2D eigenvalue weighted by Crippen LogP contribution is 2.26. The van der Waals surface area contributed by atoms with Crippen molar-refractivity contribution in [3.8, 4) is 0 Å². The molecule has 2 aromatic rings. The third kappa shape index (κ3) is 3.67. The highest BCUT2D eigenvalue weighted by atomic mass is 19.1. The first kappa shape index (κ1) is 15.6. The zero-order valence-corrected chi connectivity index (χ0v) is 12.7. The van der Waals surface area contributed by atoms with E-state index in [0.29, 0.717) is 12.0 Å². The number of rotatable bonds is 5. The summed E-state index contributed by atoms with van der Waals surface area (Å²) in [5.41, 5.74) is 3.90. The molecule has 0 aliphatic heterocycles. The van der Waals surface area contributed by atoms with Gasteiger partial charge in [0, 0.05) is 6.04 Å². The van der Waals surface area contributed by atoms with Gasteiger partial charge in [0.1, 0.15) is 11.6 Å². The molecule has 0 saturated heterocycles. The third-order valence-electron chi connectivity index (χ3n) is 3.77. The zero-order chi connectivity index (χ0) is 15.4. The second kappa shape index (κ2) is 6.81. The minimum Gasteiger partial charge on any atom is -0.310 e. The van der Waals surface area contributed by atoms with E-state index in [2.05, 4.69) is 31.3 Å². The van der Waals surface area contributed by atoms with E-state index in [0.717, 1.165) is 23.7 Å². The molecule has 2 aromatic carbocycles. The number of likely N-dealkylation sites (N-methyl/N-ethyl adjacent to an activating group) is 1. The maximum atomic E-state index is 13.9. The van der Waals surface area contributed by atoms with E-state index >= 15 is 0 Å². The number of benzene rings is 2. The van der Waals surface area contributed by atoms with Crippen molar-refractivity contribution in [2.24, 2.45) is 0 Å². The van der Waals surface area contributed by atoms with Gasteiger partial charge >= 0.3 is 0 Å². The normalized spacial score (nSPS) is 12.4. The highest BCUT2D eigenvalue weighted by molar-refractivity contribution is 5.37. The average Bonchev–Trinajstić information content (AvgIpc) is 2.43. The van der Waals surface area contributed by atoms with E-state index in [1.165, 1.54) is 17.7 Å². The summed E-state index contributed by atoms with van der Waals surface area (Å²) < 4.78 is 27.3. The number of aryl methyl sites for hydroxylation is 2. The van der Waals surface area contributed by atoms with Crippen LogP contribution >= 0.6 is 0 Å². The number of halogens is 2. The monoisotopic (exact) mass is 289 g/mol. The Hall–Kier alpha value is -1.74. The number of nitrogens with one attached hydrogen (secondary N) is 1. The molecule has 1 N–H and O–H groups in total. The predicted octanol–water partition coefficient (Wildman–Crippen LogP) is 4.47. The van der Waals surface area contributed by atoms with Crippen molar-refractivity contribution in [3.63, 3.8) is 0 Å². The van der Waals surface area contributed by atoms with Gasteiger partial charge in [-0.3, -0.25) is 0 Å². The maximum Gasteiger partial charge on any atom is 0.126 e. The molecule has 1 nitrogen and oxygen atoms in total. The summed E-state index contributed by atoms with van der Waals surface area (Å²) in [7, 11) is 0. The molecule has 3 heteroatoms. The molecule has 1 unspecified atom stereocenters. The van der Waals surface area contributed by atoms with Crippen LogP contribution in [0.4, 0.5) is 8.78 Å². The van der Waals surface area contributed by atoms with Crippen LogP contribution in [-0.4, -0.2) is 6.54 Å². The summed E-state index contributed by atoms with van der Waals surface area (Å²) in [4.78, 5) is 0. The molecule has 21 heavy (non-hydrogen) atoms. The topological polar surface area (TPSA) is 12.0 Å². The first-order valence-corrected chi connectivity index (χ1v) is 7.26. The Balaban J connectivity index is 2.38. The minimum absolute atomic E-state index is 0.0208. The minimum atomic E-state index is -0.400. The molecular formula is C18H21F2N. The van der Waals surface area contributed by atoms with Gasteiger partial charge < -0.3 is 5.32 Å². The SMILES string of the molecule is CCNC(Cc1cc(F)ccc1F)c1c(C)cccc1C. The molecule has 0 heterocycles. The van der Waals surface area contributed by atoms with Crippen molar-refractivity contribution >= 4 is 0 Å². The second-order valence-corrected chi connectivity index (χ2v) is 5.36. The fourth-order valence-corrected chi connectivity index (χ4v) is 2.82. The summed E-state index contributed by atoms with van der Waals surface area (Å²) in [6.45, 7) is 6.89. The standard InChI is InChI=1S/C18H21F2N/c1-4-21-17(18-12(2)6-5-7-13(18)3)11-14-10-15(19)8-9-16(14)20/h5-10,17,21H,4,11H2,1-3H3. The largest absolute Gasteiger partial charge is 0.310 e. The molecule has 112 valence electrons. The lowest BCUT2D eigenvalue weighted by molar-refractivity contribution is 0.518. The van der Waals surface area contributed by atoms with Gasteiger partial charge in [0.15, 0.2) is 0 Å². The van der Waals surface area contributed by atoms with Crippen LogP contribution in [0.5, 0.6) is 0 Å². The molecule has 0 bridgehead atoms. The van der Waals surface area contributed by atoms with E-state index in [1.807, 2.05) is 13.0 Å². The first-order chi connectivity index (χ1) is 10.0. The molecule has 1 atom stereocenters. The van der Waals surface area contributed by atoms with Crippen LogP contribution < -0.4 is 5.32 Å². The van der Waals surface area contributed by atoms with Crippen LogP contribution in [0.15, 0.2) is 36.4 Å². The Morgan fingerprint density at radius 3 is 2.33 bits per heavy atom.